The van der Waals surface area contributed by atoms with Crippen molar-refractivity contribution in [1.29, 1.82) is 0 Å². The van der Waals surface area contributed by atoms with Crippen molar-refractivity contribution in [3.8, 4) is 17.1 Å². The highest BCUT2D eigenvalue weighted by Gasteiger charge is 2.12. The molecule has 0 bridgehead atoms. The van der Waals surface area contributed by atoms with Crippen LogP contribution in [-0.2, 0) is 0 Å². The van der Waals surface area contributed by atoms with E-state index in [0.717, 1.165) is 22.8 Å². The van der Waals surface area contributed by atoms with E-state index in [2.05, 4.69) is 14.7 Å². The molecule has 1 N–H and O–H groups in total. The van der Waals surface area contributed by atoms with Crippen LogP contribution in [0.15, 0.2) is 47.1 Å². The van der Waals surface area contributed by atoms with E-state index in [1.807, 2.05) is 24.3 Å². The van der Waals surface area contributed by atoms with E-state index in [-0.39, 0.29) is 11.7 Å². The van der Waals surface area contributed by atoms with Gasteiger partial charge in [-0.3, -0.25) is 10.1 Å². The van der Waals surface area contributed by atoms with Gasteiger partial charge >= 0.3 is 0 Å². The van der Waals surface area contributed by atoms with E-state index in [9.17, 15) is 4.79 Å². The molecule has 2 aromatic heterocycles. The predicted octanol–water partition coefficient (Wildman–Crippen LogP) is 3.06. The zero-order chi connectivity index (χ0) is 14.7. The third-order valence-corrected chi connectivity index (χ3v) is 3.37. The molecule has 106 valence electrons. The van der Waals surface area contributed by atoms with E-state index < -0.39 is 0 Å². The molecule has 3 rings (SSSR count). The van der Waals surface area contributed by atoms with E-state index in [0.29, 0.717) is 11.0 Å². The van der Waals surface area contributed by atoms with Crippen molar-refractivity contribution in [2.45, 2.75) is 0 Å². The molecule has 0 unspecified atom stereocenters. The summed E-state index contributed by atoms with van der Waals surface area (Å²) in [6, 6.07) is 10.6. The third kappa shape index (κ3) is 2.92. The number of anilines is 1. The Morgan fingerprint density at radius 2 is 2.10 bits per heavy atom. The van der Waals surface area contributed by atoms with Gasteiger partial charge in [0.1, 0.15) is 5.75 Å². The second-order valence-corrected chi connectivity index (χ2v) is 4.83. The minimum Gasteiger partial charge on any atom is -0.497 e. The quantitative estimate of drug-likeness (QED) is 0.801. The lowest BCUT2D eigenvalue weighted by molar-refractivity contribution is 0.0996. The Hall–Kier alpha value is -2.67. The van der Waals surface area contributed by atoms with Gasteiger partial charge in [-0.1, -0.05) is 0 Å². The minimum absolute atomic E-state index is 0.233. The fourth-order valence-corrected chi connectivity index (χ4v) is 2.28. The maximum absolute atomic E-state index is 11.8. The van der Waals surface area contributed by atoms with Gasteiger partial charge in [0.15, 0.2) is 11.6 Å². The summed E-state index contributed by atoms with van der Waals surface area (Å²) in [6.07, 6.45) is 1.44. The SMILES string of the molecule is COc1ccc(-c2nsc(NC(=O)c3ccco3)n2)cc1. The number of hydrogen-bond donors (Lipinski definition) is 1. The highest BCUT2D eigenvalue weighted by atomic mass is 32.1. The van der Waals surface area contributed by atoms with Crippen LogP contribution >= 0.6 is 11.5 Å². The molecule has 1 aromatic carbocycles. The molecule has 21 heavy (non-hydrogen) atoms. The zero-order valence-corrected chi connectivity index (χ0v) is 11.9. The normalized spacial score (nSPS) is 10.3. The van der Waals surface area contributed by atoms with Crippen molar-refractivity contribution >= 4 is 22.6 Å². The average Bonchev–Trinajstić information content (AvgIpc) is 3.19. The largest absolute Gasteiger partial charge is 0.497 e. The molecule has 0 aliphatic rings. The summed E-state index contributed by atoms with van der Waals surface area (Å²) in [5.41, 5.74) is 0.852. The van der Waals surface area contributed by atoms with E-state index in [1.165, 1.54) is 6.26 Å². The predicted molar refractivity (Wildman–Crippen MR) is 78.6 cm³/mol. The highest BCUT2D eigenvalue weighted by molar-refractivity contribution is 7.10. The summed E-state index contributed by atoms with van der Waals surface area (Å²) in [6.45, 7) is 0. The summed E-state index contributed by atoms with van der Waals surface area (Å²) in [5.74, 6) is 1.20. The van der Waals surface area contributed by atoms with Gasteiger partial charge in [0.05, 0.1) is 13.4 Å². The van der Waals surface area contributed by atoms with Gasteiger partial charge in [0.25, 0.3) is 5.91 Å². The first kappa shape index (κ1) is 13.3. The second kappa shape index (κ2) is 5.76. The lowest BCUT2D eigenvalue weighted by Crippen LogP contribution is -2.10. The van der Waals surface area contributed by atoms with Crippen molar-refractivity contribution in [3.05, 3.63) is 48.4 Å². The smallest absolute Gasteiger partial charge is 0.293 e. The Labute approximate surface area is 124 Å². The number of hydrogen-bond acceptors (Lipinski definition) is 6. The number of rotatable bonds is 4. The number of carbonyl (C=O) groups is 1. The number of methoxy groups -OCH3 is 1. The Bertz CT molecular complexity index is 735. The van der Waals surface area contributed by atoms with Crippen LogP contribution in [0.25, 0.3) is 11.4 Å². The maximum atomic E-state index is 11.8. The molecular formula is C14H11N3O3S. The van der Waals surface area contributed by atoms with Crippen LogP contribution in [0.2, 0.25) is 0 Å². The number of nitrogens with zero attached hydrogens (tertiary/aromatic N) is 2. The molecule has 0 radical (unpaired) electrons. The molecular weight excluding hydrogens is 290 g/mol. The fourth-order valence-electron chi connectivity index (χ4n) is 1.70. The summed E-state index contributed by atoms with van der Waals surface area (Å²) >= 11 is 1.11. The Morgan fingerprint density at radius 3 is 2.76 bits per heavy atom. The first-order valence-corrected chi connectivity index (χ1v) is 6.86. The third-order valence-electron chi connectivity index (χ3n) is 2.74. The highest BCUT2D eigenvalue weighted by Crippen LogP contribution is 2.23. The van der Waals surface area contributed by atoms with Gasteiger partial charge < -0.3 is 9.15 Å². The molecule has 0 fully saturated rings. The number of aromatic nitrogens is 2. The average molecular weight is 301 g/mol. The molecule has 0 spiro atoms. The first-order chi connectivity index (χ1) is 10.3. The van der Waals surface area contributed by atoms with Crippen LogP contribution in [0, 0.1) is 0 Å². The summed E-state index contributed by atoms with van der Waals surface area (Å²) in [5, 5.41) is 3.06. The maximum Gasteiger partial charge on any atom is 0.293 e. The summed E-state index contributed by atoms with van der Waals surface area (Å²) in [7, 11) is 1.61. The lowest BCUT2D eigenvalue weighted by Gasteiger charge is -1.99. The van der Waals surface area contributed by atoms with Gasteiger partial charge in [-0.2, -0.15) is 9.36 Å². The molecule has 0 saturated carbocycles. The topological polar surface area (TPSA) is 77.2 Å². The standard InChI is InChI=1S/C14H11N3O3S/c1-19-10-6-4-9(5-7-10)12-15-14(21-17-12)16-13(18)11-3-2-8-20-11/h2-8H,1H3,(H,15,16,17,18). The van der Waals surface area contributed by atoms with Crippen molar-refractivity contribution in [2.75, 3.05) is 12.4 Å². The summed E-state index contributed by atoms with van der Waals surface area (Å²) in [4.78, 5) is 16.1. The van der Waals surface area contributed by atoms with Crippen LogP contribution in [0.3, 0.4) is 0 Å². The minimum atomic E-state index is -0.350. The molecule has 1 amide bonds. The van der Waals surface area contributed by atoms with Gasteiger partial charge in [0.2, 0.25) is 5.13 Å². The van der Waals surface area contributed by atoms with Crippen LogP contribution in [-0.4, -0.2) is 22.4 Å². The number of furan rings is 1. The molecule has 0 aliphatic heterocycles. The van der Waals surface area contributed by atoms with Crippen LogP contribution in [0.4, 0.5) is 5.13 Å². The van der Waals surface area contributed by atoms with Gasteiger partial charge in [0, 0.05) is 17.1 Å². The summed E-state index contributed by atoms with van der Waals surface area (Å²) < 4.78 is 14.3. The lowest BCUT2D eigenvalue weighted by atomic mass is 10.2. The molecule has 2 heterocycles. The van der Waals surface area contributed by atoms with E-state index in [1.54, 1.807) is 19.2 Å². The number of amides is 1. The van der Waals surface area contributed by atoms with Gasteiger partial charge in [-0.15, -0.1) is 0 Å². The van der Waals surface area contributed by atoms with Crippen molar-refractivity contribution in [1.82, 2.24) is 9.36 Å². The Kier molecular flexibility index (Phi) is 3.65. The molecule has 0 saturated heterocycles. The van der Waals surface area contributed by atoms with Crippen molar-refractivity contribution in [2.24, 2.45) is 0 Å². The van der Waals surface area contributed by atoms with Gasteiger partial charge in [-0.05, 0) is 36.4 Å². The molecule has 3 aromatic rings. The number of carbonyl (C=O) groups excluding carboxylic acids is 1. The van der Waals surface area contributed by atoms with Crippen LogP contribution in [0.5, 0.6) is 5.75 Å². The second-order valence-electron chi connectivity index (χ2n) is 4.08. The van der Waals surface area contributed by atoms with Crippen molar-refractivity contribution < 1.29 is 13.9 Å². The number of nitrogens with one attached hydrogen (secondary N) is 1. The van der Waals surface area contributed by atoms with Crippen LogP contribution in [0.1, 0.15) is 10.6 Å². The molecule has 7 heteroatoms. The van der Waals surface area contributed by atoms with E-state index in [4.69, 9.17) is 9.15 Å². The fraction of sp³-hybridized carbons (Fsp3) is 0.0714. The van der Waals surface area contributed by atoms with Crippen molar-refractivity contribution in [3.63, 3.8) is 0 Å². The molecule has 0 aliphatic carbocycles. The zero-order valence-electron chi connectivity index (χ0n) is 11.1. The Morgan fingerprint density at radius 1 is 1.29 bits per heavy atom. The number of ether oxygens (including phenoxy) is 1. The Balaban J connectivity index is 1.75. The van der Waals surface area contributed by atoms with E-state index >= 15 is 0 Å². The molecule has 6 nitrogen and oxygen atoms in total. The van der Waals surface area contributed by atoms with Gasteiger partial charge in [-0.25, -0.2) is 0 Å². The first-order valence-electron chi connectivity index (χ1n) is 6.09. The molecule has 0 atom stereocenters. The van der Waals surface area contributed by atoms with Crippen LogP contribution < -0.4 is 10.1 Å². The number of benzene rings is 1. The monoisotopic (exact) mass is 301 g/mol.